The first-order valence-corrected chi connectivity index (χ1v) is 7.59. The Bertz CT molecular complexity index is 643. The number of hydrogen-bond acceptors (Lipinski definition) is 3. The Morgan fingerprint density at radius 3 is 2.71 bits per heavy atom. The molecule has 2 rings (SSSR count). The largest absolute Gasteiger partial charge is 0.496 e. The lowest BCUT2D eigenvalue weighted by atomic mass is 10.2. The van der Waals surface area contributed by atoms with Gasteiger partial charge in [0, 0.05) is 17.3 Å². The van der Waals surface area contributed by atoms with Crippen LogP contribution < -0.4 is 14.8 Å². The number of anilines is 1. The monoisotopic (exact) mass is 397 g/mol. The van der Waals surface area contributed by atoms with Gasteiger partial charge in [0.1, 0.15) is 11.5 Å². The fourth-order valence-electron chi connectivity index (χ4n) is 1.84. The van der Waals surface area contributed by atoms with Crippen LogP contribution in [0.3, 0.4) is 0 Å². The molecule has 0 saturated carbocycles. The van der Waals surface area contributed by atoms with E-state index in [0.717, 1.165) is 15.1 Å². The van der Waals surface area contributed by atoms with Crippen LogP contribution in [0.25, 0.3) is 0 Å². The molecule has 0 atom stereocenters. The topological polar surface area (TPSA) is 47.6 Å². The summed E-state index contributed by atoms with van der Waals surface area (Å²) in [4.78, 5) is 12.2. The number of amides is 1. The van der Waals surface area contributed by atoms with Gasteiger partial charge in [0.25, 0.3) is 5.91 Å². The molecule has 0 aliphatic carbocycles. The molecule has 0 aromatic heterocycles. The maximum absolute atomic E-state index is 12.2. The number of methoxy groups -OCH3 is 1. The second-order valence-corrected chi connectivity index (χ2v) is 5.43. The van der Waals surface area contributed by atoms with Crippen molar-refractivity contribution >= 4 is 34.2 Å². The van der Waals surface area contributed by atoms with Crippen LogP contribution in [0, 0.1) is 3.57 Å². The van der Waals surface area contributed by atoms with Gasteiger partial charge in [-0.2, -0.15) is 0 Å². The molecule has 2 aromatic rings. The third kappa shape index (κ3) is 4.10. The van der Waals surface area contributed by atoms with E-state index in [9.17, 15) is 4.79 Å². The first-order chi connectivity index (χ1) is 10.1. The fraction of sp³-hybridized carbons (Fsp3) is 0.188. The zero-order chi connectivity index (χ0) is 15.2. The molecule has 2 aromatic carbocycles. The minimum absolute atomic E-state index is 0.163. The third-order valence-corrected chi connectivity index (χ3v) is 3.66. The van der Waals surface area contributed by atoms with Gasteiger partial charge in [0.15, 0.2) is 0 Å². The lowest BCUT2D eigenvalue weighted by Crippen LogP contribution is -2.12. The summed E-state index contributed by atoms with van der Waals surface area (Å²) < 4.78 is 11.5. The van der Waals surface area contributed by atoms with Gasteiger partial charge in [-0.05, 0) is 59.8 Å². The van der Waals surface area contributed by atoms with Crippen molar-refractivity contribution in [1.82, 2.24) is 0 Å². The van der Waals surface area contributed by atoms with Crippen molar-refractivity contribution < 1.29 is 14.3 Å². The van der Waals surface area contributed by atoms with Gasteiger partial charge in [-0.25, -0.2) is 0 Å². The van der Waals surface area contributed by atoms with Crippen LogP contribution in [0.1, 0.15) is 17.3 Å². The molecule has 0 unspecified atom stereocenters. The standard InChI is InChI=1S/C16H16INO3/c1-3-21-13-6-4-5-12(10-13)18-16(19)11-7-8-15(20-2)14(17)9-11/h4-10H,3H2,1-2H3,(H,18,19). The smallest absolute Gasteiger partial charge is 0.255 e. The molecule has 1 N–H and O–H groups in total. The number of carbonyl (C=O) groups excluding carboxylic acids is 1. The highest BCUT2D eigenvalue weighted by molar-refractivity contribution is 14.1. The Labute approximate surface area is 137 Å². The highest BCUT2D eigenvalue weighted by atomic mass is 127. The fourth-order valence-corrected chi connectivity index (χ4v) is 2.58. The molecule has 4 nitrogen and oxygen atoms in total. The summed E-state index contributed by atoms with van der Waals surface area (Å²) in [5.41, 5.74) is 1.29. The van der Waals surface area contributed by atoms with Crippen LogP contribution in [0.15, 0.2) is 42.5 Å². The average molecular weight is 397 g/mol. The van der Waals surface area contributed by atoms with Crippen LogP contribution in [0.5, 0.6) is 11.5 Å². The quantitative estimate of drug-likeness (QED) is 0.778. The summed E-state index contributed by atoms with van der Waals surface area (Å²) in [7, 11) is 1.61. The zero-order valence-corrected chi connectivity index (χ0v) is 14.0. The molecule has 0 fully saturated rings. The molecule has 0 spiro atoms. The predicted octanol–water partition coefficient (Wildman–Crippen LogP) is 3.95. The van der Waals surface area contributed by atoms with E-state index in [-0.39, 0.29) is 5.91 Å². The summed E-state index contributed by atoms with van der Waals surface area (Å²) in [6.07, 6.45) is 0. The second kappa shape index (κ2) is 7.31. The van der Waals surface area contributed by atoms with E-state index in [4.69, 9.17) is 9.47 Å². The molecule has 110 valence electrons. The molecule has 0 bridgehead atoms. The van der Waals surface area contributed by atoms with Crippen molar-refractivity contribution in [3.63, 3.8) is 0 Å². The Morgan fingerprint density at radius 2 is 2.05 bits per heavy atom. The lowest BCUT2D eigenvalue weighted by molar-refractivity contribution is 0.102. The molecule has 0 heterocycles. The number of hydrogen-bond donors (Lipinski definition) is 1. The maximum Gasteiger partial charge on any atom is 0.255 e. The molecule has 0 aliphatic rings. The van der Waals surface area contributed by atoms with Crippen LogP contribution in [-0.2, 0) is 0 Å². The van der Waals surface area contributed by atoms with Gasteiger partial charge in [-0.3, -0.25) is 4.79 Å². The molecule has 21 heavy (non-hydrogen) atoms. The minimum Gasteiger partial charge on any atom is -0.496 e. The van der Waals surface area contributed by atoms with Crippen molar-refractivity contribution in [3.05, 3.63) is 51.6 Å². The third-order valence-electron chi connectivity index (χ3n) is 2.82. The van der Waals surface area contributed by atoms with E-state index in [1.54, 1.807) is 31.4 Å². The minimum atomic E-state index is -0.163. The molecule has 0 radical (unpaired) electrons. The first kappa shape index (κ1) is 15.6. The van der Waals surface area contributed by atoms with Gasteiger partial charge in [-0.1, -0.05) is 6.07 Å². The number of carbonyl (C=O) groups is 1. The van der Waals surface area contributed by atoms with Crippen molar-refractivity contribution in [2.75, 3.05) is 19.0 Å². The van der Waals surface area contributed by atoms with Crippen LogP contribution in [0.2, 0.25) is 0 Å². The molecular formula is C16H16INO3. The van der Waals surface area contributed by atoms with Crippen molar-refractivity contribution in [2.45, 2.75) is 6.92 Å². The van der Waals surface area contributed by atoms with Crippen molar-refractivity contribution in [1.29, 1.82) is 0 Å². The first-order valence-electron chi connectivity index (χ1n) is 6.51. The number of ether oxygens (including phenoxy) is 2. The van der Waals surface area contributed by atoms with Crippen molar-refractivity contribution in [3.8, 4) is 11.5 Å². The van der Waals surface area contributed by atoms with Gasteiger partial charge in [0.05, 0.1) is 17.3 Å². The number of benzene rings is 2. The van der Waals surface area contributed by atoms with E-state index < -0.39 is 0 Å². The van der Waals surface area contributed by atoms with E-state index >= 15 is 0 Å². The second-order valence-electron chi connectivity index (χ2n) is 4.26. The van der Waals surface area contributed by atoms with E-state index in [0.29, 0.717) is 17.9 Å². The normalized spacial score (nSPS) is 10.0. The van der Waals surface area contributed by atoms with Crippen LogP contribution in [0.4, 0.5) is 5.69 Å². The van der Waals surface area contributed by atoms with Crippen LogP contribution in [-0.4, -0.2) is 19.6 Å². The van der Waals surface area contributed by atoms with Gasteiger partial charge < -0.3 is 14.8 Å². The zero-order valence-electron chi connectivity index (χ0n) is 11.9. The van der Waals surface area contributed by atoms with Crippen LogP contribution >= 0.6 is 22.6 Å². The number of nitrogens with one attached hydrogen (secondary N) is 1. The number of halogens is 1. The summed E-state index contributed by atoms with van der Waals surface area (Å²) >= 11 is 2.14. The summed E-state index contributed by atoms with van der Waals surface area (Å²) in [6, 6.07) is 12.6. The van der Waals surface area contributed by atoms with Gasteiger partial charge >= 0.3 is 0 Å². The highest BCUT2D eigenvalue weighted by Crippen LogP contribution is 2.23. The predicted molar refractivity (Wildman–Crippen MR) is 91.3 cm³/mol. The Morgan fingerprint density at radius 1 is 1.24 bits per heavy atom. The van der Waals surface area contributed by atoms with E-state index in [1.807, 2.05) is 25.1 Å². The molecule has 5 heteroatoms. The Balaban J connectivity index is 2.14. The number of rotatable bonds is 5. The Hall–Kier alpha value is -1.76. The molecule has 1 amide bonds. The summed E-state index contributed by atoms with van der Waals surface area (Å²) in [5.74, 6) is 1.33. The SMILES string of the molecule is CCOc1cccc(NC(=O)c2ccc(OC)c(I)c2)c1. The van der Waals surface area contributed by atoms with Crippen molar-refractivity contribution in [2.24, 2.45) is 0 Å². The molecular weight excluding hydrogens is 381 g/mol. The van der Waals surface area contributed by atoms with Gasteiger partial charge in [0.2, 0.25) is 0 Å². The van der Waals surface area contributed by atoms with Gasteiger partial charge in [-0.15, -0.1) is 0 Å². The maximum atomic E-state index is 12.2. The summed E-state index contributed by atoms with van der Waals surface area (Å²) in [5, 5.41) is 2.86. The average Bonchev–Trinajstić information content (AvgIpc) is 2.48. The van der Waals surface area contributed by atoms with E-state index in [2.05, 4.69) is 27.9 Å². The Kier molecular flexibility index (Phi) is 5.44. The highest BCUT2D eigenvalue weighted by Gasteiger charge is 2.09. The van der Waals surface area contributed by atoms with E-state index in [1.165, 1.54) is 0 Å². The summed E-state index contributed by atoms with van der Waals surface area (Å²) in [6.45, 7) is 2.51. The molecule has 0 aliphatic heterocycles. The lowest BCUT2D eigenvalue weighted by Gasteiger charge is -2.09. The molecule has 0 saturated heterocycles.